The van der Waals surface area contributed by atoms with E-state index < -0.39 is 17.8 Å². The van der Waals surface area contributed by atoms with E-state index in [1.54, 1.807) is 6.07 Å². The first-order valence-electron chi connectivity index (χ1n) is 12.1. The predicted octanol–water partition coefficient (Wildman–Crippen LogP) is 5.84. The summed E-state index contributed by atoms with van der Waals surface area (Å²) in [6, 6.07) is 5.94. The highest BCUT2D eigenvalue weighted by atomic mass is 19.4. The predicted molar refractivity (Wildman–Crippen MR) is 130 cm³/mol. The zero-order valence-electron chi connectivity index (χ0n) is 20.2. The van der Waals surface area contributed by atoms with Crippen LogP contribution in [0.25, 0.3) is 10.9 Å². The number of aromatic nitrogens is 3. The van der Waals surface area contributed by atoms with E-state index in [0.717, 1.165) is 68.2 Å². The molecule has 2 fully saturated rings. The number of hydrogen-bond acceptors (Lipinski definition) is 6. The minimum Gasteiger partial charge on any atom is -0.381 e. The molecular weight excluding hydrogens is 455 g/mol. The van der Waals surface area contributed by atoms with Crippen molar-refractivity contribution in [3.05, 3.63) is 52.8 Å². The van der Waals surface area contributed by atoms with Gasteiger partial charge in [-0.15, -0.1) is 5.10 Å². The van der Waals surface area contributed by atoms with Crippen LogP contribution in [0.5, 0.6) is 0 Å². The maximum Gasteiger partial charge on any atom is 0.416 e. The molecule has 5 rings (SSSR count). The summed E-state index contributed by atoms with van der Waals surface area (Å²) in [4.78, 5) is 7.04. The lowest BCUT2D eigenvalue weighted by atomic mass is 9.78. The molecule has 0 radical (unpaired) electrons. The summed E-state index contributed by atoms with van der Waals surface area (Å²) in [7, 11) is 0. The second kappa shape index (κ2) is 8.93. The van der Waals surface area contributed by atoms with Crippen molar-refractivity contribution >= 4 is 22.4 Å². The second-order valence-corrected chi connectivity index (χ2v) is 9.90. The third-order valence-electron chi connectivity index (χ3n) is 7.65. The number of hydrogen-bond donors (Lipinski definition) is 1. The molecule has 2 aliphatic heterocycles. The van der Waals surface area contributed by atoms with Gasteiger partial charge in [-0.25, -0.2) is 0 Å². The van der Waals surface area contributed by atoms with Crippen LogP contribution >= 0.6 is 0 Å². The van der Waals surface area contributed by atoms with Crippen molar-refractivity contribution in [3.8, 4) is 0 Å². The van der Waals surface area contributed by atoms with Gasteiger partial charge in [0.05, 0.1) is 41.3 Å². The molecule has 1 aromatic carbocycles. The zero-order chi connectivity index (χ0) is 24.8. The van der Waals surface area contributed by atoms with Gasteiger partial charge in [0.25, 0.3) is 0 Å². The van der Waals surface area contributed by atoms with E-state index in [1.165, 1.54) is 13.0 Å². The quantitative estimate of drug-likeness (QED) is 0.501. The first-order chi connectivity index (χ1) is 16.7. The fourth-order valence-corrected chi connectivity index (χ4v) is 5.42. The number of aryl methyl sites for hydroxylation is 1. The van der Waals surface area contributed by atoms with Crippen molar-refractivity contribution in [3.63, 3.8) is 0 Å². The zero-order valence-corrected chi connectivity index (χ0v) is 20.2. The Kier molecular flexibility index (Phi) is 6.07. The van der Waals surface area contributed by atoms with Gasteiger partial charge in [-0.05, 0) is 68.7 Å². The minimum atomic E-state index is -4.40. The molecule has 1 spiro atoms. The van der Waals surface area contributed by atoms with E-state index in [1.807, 2.05) is 20.0 Å². The third-order valence-corrected chi connectivity index (χ3v) is 7.65. The smallest absolute Gasteiger partial charge is 0.381 e. The van der Waals surface area contributed by atoms with E-state index in [9.17, 15) is 13.2 Å². The Morgan fingerprint density at radius 3 is 2.57 bits per heavy atom. The van der Waals surface area contributed by atoms with E-state index in [4.69, 9.17) is 9.72 Å². The summed E-state index contributed by atoms with van der Waals surface area (Å²) in [5.41, 5.74) is 2.93. The fraction of sp³-hybridized carbons (Fsp3) is 0.500. The average molecular weight is 486 g/mol. The first kappa shape index (κ1) is 23.8. The van der Waals surface area contributed by atoms with Gasteiger partial charge in [0.1, 0.15) is 0 Å². The van der Waals surface area contributed by atoms with Gasteiger partial charge in [-0.1, -0.05) is 12.1 Å². The maximum absolute atomic E-state index is 13.4. The Morgan fingerprint density at radius 2 is 1.89 bits per heavy atom. The topological polar surface area (TPSA) is 63.2 Å². The van der Waals surface area contributed by atoms with Crippen LogP contribution in [0, 0.1) is 19.3 Å². The summed E-state index contributed by atoms with van der Waals surface area (Å²) < 4.78 is 45.9. The summed E-state index contributed by atoms with van der Waals surface area (Å²) in [6.07, 6.45) is 0.800. The SMILES string of the molecule is Cc1c([C@@H](C)Nc2nnc(C)c3ncc(N4CCC5(CCOC5)CC4)cc23)cccc1C(F)(F)F. The lowest BCUT2D eigenvalue weighted by Crippen LogP contribution is -2.40. The summed E-state index contributed by atoms with van der Waals surface area (Å²) >= 11 is 0. The number of fused-ring (bicyclic) bond motifs is 1. The summed E-state index contributed by atoms with van der Waals surface area (Å²) in [6.45, 7) is 8.79. The lowest BCUT2D eigenvalue weighted by Gasteiger charge is -2.39. The Morgan fingerprint density at radius 1 is 1.11 bits per heavy atom. The minimum absolute atomic E-state index is 0.210. The average Bonchev–Trinajstić information content (AvgIpc) is 3.28. The van der Waals surface area contributed by atoms with Gasteiger partial charge < -0.3 is 15.0 Å². The number of nitrogens with zero attached hydrogens (tertiary/aromatic N) is 4. The molecule has 35 heavy (non-hydrogen) atoms. The van der Waals surface area contributed by atoms with Crippen LogP contribution in [0.1, 0.15) is 54.6 Å². The highest BCUT2D eigenvalue weighted by molar-refractivity contribution is 5.92. The van der Waals surface area contributed by atoms with Crippen LogP contribution in [0.4, 0.5) is 24.7 Å². The van der Waals surface area contributed by atoms with Gasteiger partial charge in [-0.3, -0.25) is 4.98 Å². The molecule has 186 valence electrons. The number of anilines is 2. The van der Waals surface area contributed by atoms with E-state index in [2.05, 4.69) is 26.5 Å². The van der Waals surface area contributed by atoms with Crippen LogP contribution in [0.3, 0.4) is 0 Å². The molecule has 2 aliphatic rings. The molecule has 0 unspecified atom stereocenters. The summed E-state index contributed by atoms with van der Waals surface area (Å²) in [5.74, 6) is 0.516. The van der Waals surface area contributed by atoms with Crippen LogP contribution in [-0.4, -0.2) is 41.5 Å². The first-order valence-corrected chi connectivity index (χ1v) is 12.1. The second-order valence-electron chi connectivity index (χ2n) is 9.90. The van der Waals surface area contributed by atoms with Crippen molar-refractivity contribution in [2.75, 3.05) is 36.5 Å². The van der Waals surface area contributed by atoms with Crippen LogP contribution in [0.15, 0.2) is 30.5 Å². The van der Waals surface area contributed by atoms with Crippen molar-refractivity contribution in [2.24, 2.45) is 5.41 Å². The molecule has 4 heterocycles. The number of ether oxygens (including phenoxy) is 1. The number of benzene rings is 1. The molecule has 0 amide bonds. The Hall–Kier alpha value is -2.94. The highest BCUT2D eigenvalue weighted by Gasteiger charge is 2.38. The number of nitrogens with one attached hydrogen (secondary N) is 1. The van der Waals surface area contributed by atoms with Crippen LogP contribution in [0.2, 0.25) is 0 Å². The van der Waals surface area contributed by atoms with E-state index in [-0.39, 0.29) is 5.56 Å². The van der Waals surface area contributed by atoms with Crippen molar-refractivity contribution in [2.45, 2.75) is 52.3 Å². The largest absolute Gasteiger partial charge is 0.416 e. The molecule has 6 nitrogen and oxygen atoms in total. The standard InChI is InChI=1S/C26H30F3N5O/c1-16-20(5-4-6-22(16)26(27,28)29)17(2)31-24-21-13-19(14-30-23(21)18(3)32-33-24)34-10-7-25(8-11-34)9-12-35-15-25/h4-6,13-14,17H,7-12,15H2,1-3H3,(H,31,33)/t17-/m1/s1. The Bertz CT molecular complexity index is 1230. The lowest BCUT2D eigenvalue weighted by molar-refractivity contribution is -0.138. The van der Waals surface area contributed by atoms with E-state index >= 15 is 0 Å². The van der Waals surface area contributed by atoms with Gasteiger partial charge in [-0.2, -0.15) is 18.3 Å². The summed E-state index contributed by atoms with van der Waals surface area (Å²) in [5, 5.41) is 12.7. The van der Waals surface area contributed by atoms with Crippen molar-refractivity contribution in [1.82, 2.24) is 15.2 Å². The number of rotatable bonds is 4. The van der Waals surface area contributed by atoms with Crippen LogP contribution in [-0.2, 0) is 10.9 Å². The Labute approximate surface area is 202 Å². The molecule has 1 atom stereocenters. The van der Waals surface area contributed by atoms with Gasteiger partial charge in [0, 0.05) is 25.1 Å². The number of pyridine rings is 1. The number of alkyl halides is 3. The fourth-order valence-electron chi connectivity index (χ4n) is 5.42. The van der Waals surface area contributed by atoms with Crippen molar-refractivity contribution < 1.29 is 17.9 Å². The normalized spacial score (nSPS) is 18.9. The van der Waals surface area contributed by atoms with Crippen molar-refractivity contribution in [1.29, 1.82) is 0 Å². The molecular formula is C26H30F3N5O. The maximum atomic E-state index is 13.4. The van der Waals surface area contributed by atoms with Gasteiger partial charge in [0.15, 0.2) is 5.82 Å². The molecule has 0 saturated carbocycles. The molecule has 2 saturated heterocycles. The molecule has 0 bridgehead atoms. The molecule has 3 aromatic rings. The number of piperidine rings is 1. The third kappa shape index (κ3) is 4.53. The number of halogens is 3. The van der Waals surface area contributed by atoms with Gasteiger partial charge >= 0.3 is 6.18 Å². The molecule has 2 aromatic heterocycles. The van der Waals surface area contributed by atoms with E-state index in [0.29, 0.717) is 22.5 Å². The molecule has 9 heteroatoms. The monoisotopic (exact) mass is 485 g/mol. The Balaban J connectivity index is 1.43. The highest BCUT2D eigenvalue weighted by Crippen LogP contribution is 2.41. The molecule has 1 N–H and O–H groups in total. The molecule has 0 aliphatic carbocycles. The van der Waals surface area contributed by atoms with Gasteiger partial charge in [0.2, 0.25) is 0 Å². The van der Waals surface area contributed by atoms with Crippen LogP contribution < -0.4 is 10.2 Å².